The molecule has 1 amide bonds. The number of nitrogens with zero attached hydrogens (tertiary/aromatic N) is 3. The van der Waals surface area contributed by atoms with Crippen molar-refractivity contribution in [2.24, 2.45) is 0 Å². The Kier molecular flexibility index (Phi) is 4.11. The lowest BCUT2D eigenvalue weighted by Gasteiger charge is -2.46. The van der Waals surface area contributed by atoms with Crippen LogP contribution >= 0.6 is 0 Å². The number of aryl methyl sites for hydroxylation is 1. The Morgan fingerprint density at radius 2 is 2.12 bits per heavy atom. The average Bonchev–Trinajstić information content (AvgIpc) is 3.43. The Bertz CT molecular complexity index is 910. The van der Waals surface area contributed by atoms with Crippen LogP contribution in [0.25, 0.3) is 11.3 Å². The van der Waals surface area contributed by atoms with E-state index in [1.165, 1.54) is 6.08 Å². The molecule has 1 aliphatic carbocycles. The molecule has 1 saturated carbocycles. The van der Waals surface area contributed by atoms with E-state index in [9.17, 15) is 9.59 Å². The van der Waals surface area contributed by atoms with E-state index in [1.807, 2.05) is 25.1 Å². The number of nitrogens with one attached hydrogen (secondary N) is 1. The number of likely N-dealkylation sites (tertiary alicyclic amines) is 1. The standard InChI is InChI=1S/C20H22N4O2/c1-3-19(25)23-11-16(12-23)24(15-4-5-15)18-9-14(10-22-20(18)26)17-8-13(2)6-7-21-17/h3,6-10,15-16H,1,4-5,11-12H2,2H3,(H,22,26). The van der Waals surface area contributed by atoms with Crippen molar-refractivity contribution in [3.63, 3.8) is 0 Å². The van der Waals surface area contributed by atoms with Crippen molar-refractivity contribution in [3.05, 3.63) is 59.2 Å². The van der Waals surface area contributed by atoms with Gasteiger partial charge in [0.1, 0.15) is 5.69 Å². The molecule has 6 heteroatoms. The van der Waals surface area contributed by atoms with Crippen molar-refractivity contribution in [2.45, 2.75) is 31.8 Å². The molecule has 4 rings (SSSR count). The summed E-state index contributed by atoms with van der Waals surface area (Å²) >= 11 is 0. The van der Waals surface area contributed by atoms with Crippen molar-refractivity contribution >= 4 is 11.6 Å². The van der Waals surface area contributed by atoms with Gasteiger partial charge in [-0.25, -0.2) is 0 Å². The van der Waals surface area contributed by atoms with Gasteiger partial charge in [-0.3, -0.25) is 14.6 Å². The van der Waals surface area contributed by atoms with Crippen molar-refractivity contribution in [2.75, 3.05) is 18.0 Å². The zero-order valence-electron chi connectivity index (χ0n) is 14.8. The lowest BCUT2D eigenvalue weighted by Crippen LogP contribution is -2.62. The van der Waals surface area contributed by atoms with Crippen LogP contribution in [0.5, 0.6) is 0 Å². The third kappa shape index (κ3) is 3.03. The van der Waals surface area contributed by atoms with Gasteiger partial charge in [0, 0.05) is 37.1 Å². The van der Waals surface area contributed by atoms with Crippen LogP contribution in [0.4, 0.5) is 5.69 Å². The van der Waals surface area contributed by atoms with E-state index in [0.29, 0.717) is 24.8 Å². The number of pyridine rings is 2. The topological polar surface area (TPSA) is 69.3 Å². The number of aromatic nitrogens is 2. The number of carbonyl (C=O) groups excluding carboxylic acids is 1. The number of rotatable bonds is 5. The molecular formula is C20H22N4O2. The molecule has 134 valence electrons. The maximum absolute atomic E-state index is 12.5. The number of H-pyrrole nitrogens is 1. The van der Waals surface area contributed by atoms with Gasteiger partial charge in [0.15, 0.2) is 0 Å². The normalized spacial score (nSPS) is 16.9. The van der Waals surface area contributed by atoms with Crippen molar-refractivity contribution in [1.82, 2.24) is 14.9 Å². The van der Waals surface area contributed by atoms with E-state index >= 15 is 0 Å². The largest absolute Gasteiger partial charge is 0.358 e. The van der Waals surface area contributed by atoms with Gasteiger partial charge in [-0.1, -0.05) is 6.58 Å². The van der Waals surface area contributed by atoms with Gasteiger partial charge in [-0.15, -0.1) is 0 Å². The third-order valence-electron chi connectivity index (χ3n) is 5.06. The SMILES string of the molecule is C=CC(=O)N1CC(N(c2cc(-c3cc(C)ccn3)c[nH]c2=O)C2CC2)C1. The maximum Gasteiger partial charge on any atom is 0.271 e. The summed E-state index contributed by atoms with van der Waals surface area (Å²) in [7, 11) is 0. The molecule has 1 saturated heterocycles. The first-order valence-electron chi connectivity index (χ1n) is 8.92. The minimum absolute atomic E-state index is 0.0522. The molecule has 1 aliphatic heterocycles. The molecule has 0 bridgehead atoms. The number of amides is 1. The van der Waals surface area contributed by atoms with Crippen LogP contribution in [0.3, 0.4) is 0 Å². The minimum Gasteiger partial charge on any atom is -0.358 e. The van der Waals surface area contributed by atoms with E-state index in [-0.39, 0.29) is 17.5 Å². The van der Waals surface area contributed by atoms with Crippen LogP contribution in [0.2, 0.25) is 0 Å². The van der Waals surface area contributed by atoms with Crippen LogP contribution in [0, 0.1) is 6.92 Å². The lowest BCUT2D eigenvalue weighted by atomic mass is 10.0. The Balaban J connectivity index is 1.65. The Morgan fingerprint density at radius 1 is 1.35 bits per heavy atom. The predicted molar refractivity (Wildman–Crippen MR) is 101 cm³/mol. The van der Waals surface area contributed by atoms with Gasteiger partial charge in [-0.2, -0.15) is 0 Å². The summed E-state index contributed by atoms with van der Waals surface area (Å²) < 4.78 is 0. The third-order valence-corrected chi connectivity index (χ3v) is 5.06. The maximum atomic E-state index is 12.5. The molecule has 0 unspecified atom stereocenters. The van der Waals surface area contributed by atoms with Crippen LogP contribution < -0.4 is 10.5 Å². The second-order valence-corrected chi connectivity index (χ2v) is 7.06. The summed E-state index contributed by atoms with van der Waals surface area (Å²) in [5, 5.41) is 0. The second kappa shape index (κ2) is 6.44. The highest BCUT2D eigenvalue weighted by atomic mass is 16.2. The highest BCUT2D eigenvalue weighted by Gasteiger charge is 2.42. The fourth-order valence-corrected chi connectivity index (χ4v) is 3.49. The summed E-state index contributed by atoms with van der Waals surface area (Å²) in [6.07, 6.45) is 7.00. The molecule has 26 heavy (non-hydrogen) atoms. The molecule has 2 fully saturated rings. The number of carbonyl (C=O) groups is 1. The predicted octanol–water partition coefficient (Wildman–Crippen LogP) is 2.11. The molecule has 6 nitrogen and oxygen atoms in total. The van der Waals surface area contributed by atoms with E-state index < -0.39 is 0 Å². The number of hydrogen-bond acceptors (Lipinski definition) is 4. The van der Waals surface area contributed by atoms with Crippen LogP contribution in [0.15, 0.2) is 48.0 Å². The first-order valence-corrected chi connectivity index (χ1v) is 8.92. The van der Waals surface area contributed by atoms with E-state index in [1.54, 1.807) is 17.3 Å². The summed E-state index contributed by atoms with van der Waals surface area (Å²) in [5.74, 6) is -0.0522. The highest BCUT2D eigenvalue weighted by molar-refractivity contribution is 5.88. The molecule has 1 N–H and O–H groups in total. The molecule has 3 heterocycles. The Morgan fingerprint density at radius 3 is 2.77 bits per heavy atom. The van der Waals surface area contributed by atoms with E-state index in [0.717, 1.165) is 29.7 Å². The molecule has 0 spiro atoms. The second-order valence-electron chi connectivity index (χ2n) is 7.06. The van der Waals surface area contributed by atoms with Gasteiger partial charge in [0.05, 0.1) is 11.7 Å². The number of anilines is 1. The molecule has 0 atom stereocenters. The molecule has 0 aromatic carbocycles. The number of aromatic amines is 1. The quantitative estimate of drug-likeness (QED) is 0.839. The summed E-state index contributed by atoms with van der Waals surface area (Å²) in [6, 6.07) is 6.44. The van der Waals surface area contributed by atoms with Gasteiger partial charge in [0.2, 0.25) is 5.91 Å². The molecule has 2 aromatic rings. The molecule has 2 aliphatic rings. The van der Waals surface area contributed by atoms with Gasteiger partial charge < -0.3 is 14.8 Å². The van der Waals surface area contributed by atoms with E-state index in [2.05, 4.69) is 21.4 Å². The monoisotopic (exact) mass is 350 g/mol. The minimum atomic E-state index is -0.0956. The fourth-order valence-electron chi connectivity index (χ4n) is 3.49. The van der Waals surface area contributed by atoms with Crippen molar-refractivity contribution in [1.29, 1.82) is 0 Å². The molecule has 2 aromatic heterocycles. The number of hydrogen-bond donors (Lipinski definition) is 1. The zero-order valence-corrected chi connectivity index (χ0v) is 14.8. The van der Waals surface area contributed by atoms with Gasteiger partial charge in [0.25, 0.3) is 5.56 Å². The Labute approximate surface area is 152 Å². The first kappa shape index (κ1) is 16.6. The van der Waals surface area contributed by atoms with Crippen LogP contribution in [0.1, 0.15) is 18.4 Å². The van der Waals surface area contributed by atoms with Crippen LogP contribution in [-0.2, 0) is 4.79 Å². The van der Waals surface area contributed by atoms with Crippen molar-refractivity contribution < 1.29 is 4.79 Å². The summed E-state index contributed by atoms with van der Waals surface area (Å²) in [5.41, 5.74) is 3.44. The Hall–Kier alpha value is -2.89. The molecule has 0 radical (unpaired) electrons. The van der Waals surface area contributed by atoms with Gasteiger partial charge >= 0.3 is 0 Å². The van der Waals surface area contributed by atoms with Crippen LogP contribution in [-0.4, -0.2) is 45.9 Å². The smallest absolute Gasteiger partial charge is 0.271 e. The van der Waals surface area contributed by atoms with Gasteiger partial charge in [-0.05, 0) is 49.6 Å². The first-order chi connectivity index (χ1) is 12.6. The fraction of sp³-hybridized carbons (Fsp3) is 0.350. The van der Waals surface area contributed by atoms with Crippen molar-refractivity contribution in [3.8, 4) is 11.3 Å². The van der Waals surface area contributed by atoms with E-state index in [4.69, 9.17) is 0 Å². The molecular weight excluding hydrogens is 328 g/mol. The average molecular weight is 350 g/mol. The summed E-state index contributed by atoms with van der Waals surface area (Å²) in [4.78, 5) is 35.5. The zero-order chi connectivity index (χ0) is 18.3. The summed E-state index contributed by atoms with van der Waals surface area (Å²) in [6.45, 7) is 6.83. The lowest BCUT2D eigenvalue weighted by molar-refractivity contribution is -0.130. The highest BCUT2D eigenvalue weighted by Crippen LogP contribution is 2.35.